The smallest absolute Gasteiger partial charge is 0.460 e. The van der Waals surface area contributed by atoms with E-state index in [-0.39, 0.29) is 0 Å². The minimum absolute atomic E-state index is 1.46. The fraction of sp³-hybridized carbons (Fsp3) is 0.625. The Hall–Kier alpha value is -1.49. The highest BCUT2D eigenvalue weighted by Crippen LogP contribution is 2.46. The van der Waals surface area contributed by atoms with Gasteiger partial charge in [0.2, 0.25) is 0 Å². The second-order valence-corrected chi connectivity index (χ2v) is 3.20. The molecule has 0 saturated heterocycles. The lowest BCUT2D eigenvalue weighted by Gasteiger charge is -2.26. The molecule has 0 unspecified atom stereocenters. The van der Waals surface area contributed by atoms with E-state index in [2.05, 4.69) is 4.74 Å². The molecule has 118 valence electrons. The number of carbonyl (C=O) groups is 1. The van der Waals surface area contributed by atoms with Gasteiger partial charge in [-0.15, -0.1) is 0 Å². The van der Waals surface area contributed by atoms with Gasteiger partial charge in [-0.25, -0.2) is 9.18 Å². The number of carbonyl (C=O) groups excluding carboxylic acids is 1. The summed E-state index contributed by atoms with van der Waals surface area (Å²) in [6, 6.07) is 0. The molecule has 0 spiro atoms. The molecule has 0 heterocycles. The second-order valence-electron chi connectivity index (χ2n) is 3.20. The Morgan fingerprint density at radius 1 is 0.900 bits per heavy atom. The maximum absolute atomic E-state index is 12.6. The molecule has 0 aromatic heterocycles. The van der Waals surface area contributed by atoms with Crippen LogP contribution in [0.5, 0.6) is 0 Å². The van der Waals surface area contributed by atoms with Gasteiger partial charge in [-0.1, -0.05) is 0 Å². The van der Waals surface area contributed by atoms with E-state index in [1.165, 1.54) is 0 Å². The molecule has 2 nitrogen and oxygen atoms in total. The van der Waals surface area contributed by atoms with Crippen LogP contribution in [0.2, 0.25) is 0 Å². The minimum atomic E-state index is -6.74. The van der Waals surface area contributed by atoms with E-state index in [0.29, 0.717) is 0 Å². The van der Waals surface area contributed by atoms with Crippen LogP contribution in [0.1, 0.15) is 6.42 Å². The molecule has 0 saturated carbocycles. The molecule has 0 aliphatic rings. The molecule has 0 N–H and O–H groups in total. The van der Waals surface area contributed by atoms with E-state index in [9.17, 15) is 48.7 Å². The zero-order valence-corrected chi connectivity index (χ0v) is 9.01. The van der Waals surface area contributed by atoms with Crippen LogP contribution in [-0.2, 0) is 9.53 Å². The Bertz CT molecular complexity index is 393. The van der Waals surface area contributed by atoms with Crippen LogP contribution in [0, 0.1) is 0 Å². The summed E-state index contributed by atoms with van der Waals surface area (Å²) in [6.07, 6.45) is -11.1. The molecule has 0 aromatic carbocycles. The van der Waals surface area contributed by atoms with Crippen LogP contribution in [0.15, 0.2) is 11.9 Å². The van der Waals surface area contributed by atoms with E-state index < -0.39 is 48.9 Å². The fourth-order valence-corrected chi connectivity index (χ4v) is 0.725. The molecule has 0 aliphatic carbocycles. The molecule has 0 atom stereocenters. The van der Waals surface area contributed by atoms with Crippen molar-refractivity contribution in [2.45, 2.75) is 24.4 Å². The summed E-state index contributed by atoms with van der Waals surface area (Å²) in [4.78, 5) is 10.4. The zero-order chi connectivity index (χ0) is 16.4. The second kappa shape index (κ2) is 5.87. The van der Waals surface area contributed by atoms with Crippen LogP contribution in [-0.4, -0.2) is 30.6 Å². The highest BCUT2D eigenvalue weighted by molar-refractivity contribution is 5.79. The number of hydrogen-bond donors (Lipinski definition) is 0. The third-order valence-electron chi connectivity index (χ3n) is 1.77. The van der Waals surface area contributed by atoms with Gasteiger partial charge in [-0.2, -0.15) is 39.5 Å². The third kappa shape index (κ3) is 3.76. The van der Waals surface area contributed by atoms with E-state index in [1.54, 1.807) is 0 Å². The van der Waals surface area contributed by atoms with Crippen LogP contribution in [0.3, 0.4) is 0 Å². The molecular formula is C8H4F10O2. The number of esters is 1. The predicted molar refractivity (Wildman–Crippen MR) is 41.9 cm³/mol. The molecule has 0 rings (SSSR count). The SMILES string of the molecule is O=C(OCCC(F)=C(F)F)C(F)(F)C(F)(F)C(F)(F)F. The number of hydrogen-bond acceptors (Lipinski definition) is 2. The summed E-state index contributed by atoms with van der Waals surface area (Å²) >= 11 is 0. The Balaban J connectivity index is 4.82. The number of ether oxygens (including phenoxy) is 1. The number of halogens is 10. The van der Waals surface area contributed by atoms with Crippen molar-refractivity contribution in [2.75, 3.05) is 6.61 Å². The summed E-state index contributed by atoms with van der Waals surface area (Å²) in [5.74, 6) is -18.5. The minimum Gasteiger partial charge on any atom is -0.461 e. The topological polar surface area (TPSA) is 26.3 Å². The van der Waals surface area contributed by atoms with Crippen molar-refractivity contribution >= 4 is 5.97 Å². The van der Waals surface area contributed by atoms with Crippen LogP contribution >= 0.6 is 0 Å². The molecule has 0 fully saturated rings. The van der Waals surface area contributed by atoms with Crippen molar-refractivity contribution < 1.29 is 53.4 Å². The molecule has 0 aliphatic heterocycles. The van der Waals surface area contributed by atoms with Gasteiger partial charge in [0.1, 0.15) is 0 Å². The average Bonchev–Trinajstić information content (AvgIpc) is 2.26. The van der Waals surface area contributed by atoms with E-state index in [1.807, 2.05) is 0 Å². The monoisotopic (exact) mass is 322 g/mol. The first-order valence-electron chi connectivity index (χ1n) is 4.44. The first-order valence-corrected chi connectivity index (χ1v) is 4.44. The molecule has 0 aromatic rings. The molecule has 12 heteroatoms. The van der Waals surface area contributed by atoms with Crippen molar-refractivity contribution in [3.63, 3.8) is 0 Å². The normalized spacial score (nSPS) is 13.1. The largest absolute Gasteiger partial charge is 0.461 e. The van der Waals surface area contributed by atoms with E-state index >= 15 is 0 Å². The third-order valence-corrected chi connectivity index (χ3v) is 1.77. The van der Waals surface area contributed by atoms with Crippen molar-refractivity contribution in [3.05, 3.63) is 11.9 Å². The highest BCUT2D eigenvalue weighted by Gasteiger charge is 2.77. The van der Waals surface area contributed by atoms with Crippen molar-refractivity contribution in [1.29, 1.82) is 0 Å². The van der Waals surface area contributed by atoms with Gasteiger partial charge < -0.3 is 4.74 Å². The summed E-state index contributed by atoms with van der Waals surface area (Å²) in [7, 11) is 0. The van der Waals surface area contributed by atoms with Gasteiger partial charge in [0.05, 0.1) is 6.61 Å². The quantitative estimate of drug-likeness (QED) is 0.568. The first-order chi connectivity index (χ1) is 8.75. The summed E-state index contributed by atoms with van der Waals surface area (Å²) in [6.45, 7) is -1.56. The lowest BCUT2D eigenvalue weighted by molar-refractivity contribution is -0.348. The molecule has 0 bridgehead atoms. The van der Waals surface area contributed by atoms with Crippen LogP contribution in [0.25, 0.3) is 0 Å². The summed E-state index contributed by atoms with van der Waals surface area (Å²) in [5.41, 5.74) is 0. The Morgan fingerprint density at radius 3 is 1.70 bits per heavy atom. The average molecular weight is 322 g/mol. The van der Waals surface area contributed by atoms with Gasteiger partial charge in [0, 0.05) is 6.42 Å². The lowest BCUT2D eigenvalue weighted by atomic mass is 10.1. The molecule has 20 heavy (non-hydrogen) atoms. The van der Waals surface area contributed by atoms with Crippen LogP contribution < -0.4 is 0 Å². The maximum Gasteiger partial charge on any atom is 0.460 e. The lowest BCUT2D eigenvalue weighted by Crippen LogP contribution is -2.56. The van der Waals surface area contributed by atoms with Crippen molar-refractivity contribution in [3.8, 4) is 0 Å². The fourth-order valence-electron chi connectivity index (χ4n) is 0.725. The standard InChI is InChI=1S/C8H4F10O2/c9-3(4(10)11)1-2-20-5(19)6(12,13)7(14,15)8(16,17)18/h1-2H2. The van der Waals surface area contributed by atoms with Gasteiger partial charge in [0.15, 0.2) is 5.83 Å². The van der Waals surface area contributed by atoms with Gasteiger partial charge >= 0.3 is 30.1 Å². The van der Waals surface area contributed by atoms with E-state index in [0.717, 1.165) is 0 Å². The molecular weight excluding hydrogens is 318 g/mol. The maximum atomic E-state index is 12.6. The van der Waals surface area contributed by atoms with Gasteiger partial charge in [-0.3, -0.25) is 0 Å². The van der Waals surface area contributed by atoms with Gasteiger partial charge in [-0.05, 0) is 0 Å². The van der Waals surface area contributed by atoms with Crippen molar-refractivity contribution in [1.82, 2.24) is 0 Å². The number of alkyl halides is 7. The zero-order valence-electron chi connectivity index (χ0n) is 9.01. The molecule has 0 amide bonds. The summed E-state index contributed by atoms with van der Waals surface area (Å²) < 4.78 is 123. The Morgan fingerprint density at radius 2 is 1.35 bits per heavy atom. The van der Waals surface area contributed by atoms with Crippen molar-refractivity contribution in [2.24, 2.45) is 0 Å². The predicted octanol–water partition coefficient (Wildman–Crippen LogP) is 3.83. The Labute approximate surface area is 104 Å². The first kappa shape index (κ1) is 18.5. The summed E-state index contributed by atoms with van der Waals surface area (Å²) in [5, 5.41) is 0. The van der Waals surface area contributed by atoms with Gasteiger partial charge in [0.25, 0.3) is 0 Å². The highest BCUT2D eigenvalue weighted by atomic mass is 19.4. The molecule has 0 radical (unpaired) electrons. The van der Waals surface area contributed by atoms with E-state index in [4.69, 9.17) is 0 Å². The van der Waals surface area contributed by atoms with Crippen LogP contribution in [0.4, 0.5) is 43.9 Å². The Kier molecular flexibility index (Phi) is 5.43. The number of rotatable bonds is 5.